The molecule has 3 heteroatoms. The van der Waals surface area contributed by atoms with Gasteiger partial charge in [-0.2, -0.15) is 0 Å². The maximum atomic E-state index is 11.3. The van der Waals surface area contributed by atoms with E-state index in [9.17, 15) is 4.79 Å². The fourth-order valence-electron chi connectivity index (χ4n) is 2.14. The fraction of sp³-hybridized carbons (Fsp3) is 0.900. The number of esters is 1. The molecule has 0 aromatic heterocycles. The van der Waals surface area contributed by atoms with Crippen molar-refractivity contribution in [3.8, 4) is 0 Å². The van der Waals surface area contributed by atoms with E-state index in [4.69, 9.17) is 4.74 Å². The topological polar surface area (TPSA) is 38.3 Å². The van der Waals surface area contributed by atoms with Crippen molar-refractivity contribution in [2.24, 2.45) is 17.8 Å². The summed E-state index contributed by atoms with van der Waals surface area (Å²) in [7, 11) is 0. The fourth-order valence-corrected chi connectivity index (χ4v) is 2.14. The van der Waals surface area contributed by atoms with Crippen LogP contribution in [0.3, 0.4) is 0 Å². The van der Waals surface area contributed by atoms with Gasteiger partial charge in [0, 0.05) is 0 Å². The Morgan fingerprint density at radius 1 is 1.38 bits per heavy atom. The van der Waals surface area contributed by atoms with E-state index < -0.39 is 0 Å². The van der Waals surface area contributed by atoms with Crippen LogP contribution >= 0.6 is 0 Å². The van der Waals surface area contributed by atoms with Crippen LogP contribution in [0.15, 0.2) is 0 Å². The number of nitrogens with one attached hydrogen (secondary N) is 1. The third-order valence-corrected chi connectivity index (χ3v) is 3.27. The first-order chi connectivity index (χ1) is 6.31. The maximum absolute atomic E-state index is 11.3. The van der Waals surface area contributed by atoms with E-state index in [0.29, 0.717) is 6.61 Å². The lowest BCUT2D eigenvalue weighted by Gasteiger charge is -2.43. The van der Waals surface area contributed by atoms with Gasteiger partial charge in [-0.3, -0.25) is 4.79 Å². The Kier molecular flexibility index (Phi) is 2.54. The average Bonchev–Trinajstić information content (AvgIpc) is 1.91. The molecule has 2 rings (SSSR count). The smallest absolute Gasteiger partial charge is 0.308 e. The highest BCUT2D eigenvalue weighted by molar-refractivity contribution is 5.73. The maximum Gasteiger partial charge on any atom is 0.308 e. The molecule has 1 aliphatic heterocycles. The van der Waals surface area contributed by atoms with Crippen molar-refractivity contribution in [1.82, 2.24) is 5.32 Å². The van der Waals surface area contributed by atoms with Gasteiger partial charge in [-0.15, -0.1) is 0 Å². The third kappa shape index (κ3) is 1.70. The van der Waals surface area contributed by atoms with Gasteiger partial charge < -0.3 is 10.1 Å². The zero-order valence-electron chi connectivity index (χ0n) is 8.08. The van der Waals surface area contributed by atoms with Gasteiger partial charge in [0.1, 0.15) is 0 Å². The van der Waals surface area contributed by atoms with Crippen molar-refractivity contribution in [3.05, 3.63) is 0 Å². The molecule has 1 aliphatic carbocycles. The Bertz CT molecular complexity index is 195. The molecule has 1 saturated heterocycles. The van der Waals surface area contributed by atoms with Gasteiger partial charge in [-0.25, -0.2) is 0 Å². The summed E-state index contributed by atoms with van der Waals surface area (Å²) in [6, 6.07) is 0. The number of ether oxygens (including phenoxy) is 1. The Hall–Kier alpha value is -0.570. The summed E-state index contributed by atoms with van der Waals surface area (Å²) in [5, 5.41) is 3.26. The summed E-state index contributed by atoms with van der Waals surface area (Å²) in [4.78, 5) is 11.3. The molecule has 0 spiro atoms. The van der Waals surface area contributed by atoms with Crippen molar-refractivity contribution >= 4 is 5.97 Å². The molecule has 3 nitrogen and oxygen atoms in total. The van der Waals surface area contributed by atoms with E-state index in [1.807, 2.05) is 6.92 Å². The van der Waals surface area contributed by atoms with Crippen molar-refractivity contribution in [1.29, 1.82) is 0 Å². The minimum absolute atomic E-state index is 0.0195. The van der Waals surface area contributed by atoms with Crippen LogP contribution in [-0.4, -0.2) is 25.7 Å². The first-order valence-corrected chi connectivity index (χ1v) is 5.18. The standard InChI is InChI=1S/C10H17NO2/c1-2-13-10(12)8-3-7(4-8)9-5-11-6-9/h7-9,11H,2-6H2,1H3. The first kappa shape index (κ1) is 9.00. The lowest BCUT2D eigenvalue weighted by atomic mass is 9.67. The van der Waals surface area contributed by atoms with Crippen LogP contribution in [0.5, 0.6) is 0 Å². The van der Waals surface area contributed by atoms with Crippen LogP contribution in [0.4, 0.5) is 0 Å². The van der Waals surface area contributed by atoms with E-state index in [1.165, 1.54) is 0 Å². The number of carbonyl (C=O) groups is 1. The van der Waals surface area contributed by atoms with Crippen LogP contribution in [0.1, 0.15) is 19.8 Å². The summed E-state index contributed by atoms with van der Waals surface area (Å²) in [6.45, 7) is 4.69. The highest BCUT2D eigenvalue weighted by Crippen LogP contribution is 2.40. The van der Waals surface area contributed by atoms with Gasteiger partial charge in [0.15, 0.2) is 0 Å². The quantitative estimate of drug-likeness (QED) is 0.658. The van der Waals surface area contributed by atoms with Gasteiger partial charge in [0.2, 0.25) is 0 Å². The molecular weight excluding hydrogens is 166 g/mol. The SMILES string of the molecule is CCOC(=O)C1CC(C2CNC2)C1. The molecule has 0 amide bonds. The minimum Gasteiger partial charge on any atom is -0.466 e. The lowest BCUT2D eigenvalue weighted by Crippen LogP contribution is -2.50. The molecule has 1 N–H and O–H groups in total. The van der Waals surface area contributed by atoms with Crippen molar-refractivity contribution < 1.29 is 9.53 Å². The van der Waals surface area contributed by atoms with Crippen molar-refractivity contribution in [2.45, 2.75) is 19.8 Å². The molecule has 0 unspecified atom stereocenters. The second kappa shape index (κ2) is 3.66. The van der Waals surface area contributed by atoms with Gasteiger partial charge >= 0.3 is 5.97 Å². The van der Waals surface area contributed by atoms with Gasteiger partial charge in [0.05, 0.1) is 12.5 Å². The van der Waals surface area contributed by atoms with Gasteiger partial charge in [0.25, 0.3) is 0 Å². The molecule has 74 valence electrons. The van der Waals surface area contributed by atoms with Gasteiger partial charge in [-0.1, -0.05) is 0 Å². The molecule has 0 radical (unpaired) electrons. The molecule has 2 fully saturated rings. The molecule has 0 aromatic rings. The normalized spacial score (nSPS) is 33.3. The van der Waals surface area contributed by atoms with Crippen molar-refractivity contribution in [3.63, 3.8) is 0 Å². The molecule has 1 heterocycles. The Balaban J connectivity index is 1.68. The zero-order valence-corrected chi connectivity index (χ0v) is 8.08. The highest BCUT2D eigenvalue weighted by atomic mass is 16.5. The summed E-state index contributed by atoms with van der Waals surface area (Å²) in [5.41, 5.74) is 0. The largest absolute Gasteiger partial charge is 0.466 e. The number of hydrogen-bond acceptors (Lipinski definition) is 3. The summed E-state index contributed by atoms with van der Waals surface area (Å²) >= 11 is 0. The second-order valence-corrected chi connectivity index (χ2v) is 4.10. The molecule has 0 aromatic carbocycles. The summed E-state index contributed by atoms with van der Waals surface area (Å²) in [6.07, 6.45) is 2.12. The number of carbonyl (C=O) groups excluding carboxylic acids is 1. The Labute approximate surface area is 78.8 Å². The first-order valence-electron chi connectivity index (χ1n) is 5.18. The monoisotopic (exact) mass is 183 g/mol. The van der Waals surface area contributed by atoms with E-state index in [0.717, 1.165) is 37.8 Å². The average molecular weight is 183 g/mol. The molecule has 13 heavy (non-hydrogen) atoms. The van der Waals surface area contributed by atoms with Gasteiger partial charge in [-0.05, 0) is 44.7 Å². The van der Waals surface area contributed by atoms with E-state index in [-0.39, 0.29) is 11.9 Å². The Morgan fingerprint density at radius 2 is 2.08 bits per heavy atom. The zero-order chi connectivity index (χ0) is 9.26. The predicted molar refractivity (Wildman–Crippen MR) is 49.2 cm³/mol. The lowest BCUT2D eigenvalue weighted by molar-refractivity contribution is -0.154. The van der Waals surface area contributed by atoms with Crippen LogP contribution in [0.2, 0.25) is 0 Å². The van der Waals surface area contributed by atoms with Crippen LogP contribution in [-0.2, 0) is 9.53 Å². The third-order valence-electron chi connectivity index (χ3n) is 3.27. The molecular formula is C10H17NO2. The highest BCUT2D eigenvalue weighted by Gasteiger charge is 2.41. The molecule has 1 saturated carbocycles. The second-order valence-electron chi connectivity index (χ2n) is 4.10. The van der Waals surface area contributed by atoms with Crippen LogP contribution in [0, 0.1) is 17.8 Å². The predicted octanol–water partition coefficient (Wildman–Crippen LogP) is 0.795. The summed E-state index contributed by atoms with van der Waals surface area (Å²) in [5.74, 6) is 1.86. The number of hydrogen-bond donors (Lipinski definition) is 1. The van der Waals surface area contributed by atoms with E-state index in [2.05, 4.69) is 5.32 Å². The van der Waals surface area contributed by atoms with E-state index in [1.54, 1.807) is 0 Å². The van der Waals surface area contributed by atoms with Crippen molar-refractivity contribution in [2.75, 3.05) is 19.7 Å². The molecule has 0 atom stereocenters. The molecule has 2 aliphatic rings. The molecule has 0 bridgehead atoms. The summed E-state index contributed by atoms with van der Waals surface area (Å²) < 4.78 is 4.97. The minimum atomic E-state index is 0.0195. The number of rotatable bonds is 3. The van der Waals surface area contributed by atoms with Crippen LogP contribution in [0.25, 0.3) is 0 Å². The Morgan fingerprint density at radius 3 is 2.54 bits per heavy atom. The van der Waals surface area contributed by atoms with E-state index >= 15 is 0 Å². The van der Waals surface area contributed by atoms with Crippen LogP contribution < -0.4 is 5.32 Å².